The normalized spacial score (nSPS) is 24.9. The van der Waals surface area contributed by atoms with E-state index in [0.29, 0.717) is 23.7 Å². The molecule has 13 heteroatoms. The van der Waals surface area contributed by atoms with Gasteiger partial charge in [-0.1, -0.05) is 5.16 Å². The fraction of sp³-hybridized carbons (Fsp3) is 0.516. The number of aryl methyl sites for hydroxylation is 1. The summed E-state index contributed by atoms with van der Waals surface area (Å²) in [5.41, 5.74) is 11.7. The van der Waals surface area contributed by atoms with Gasteiger partial charge in [0.1, 0.15) is 55.2 Å². The Kier molecular flexibility index (Phi) is 6.27. The molecule has 44 heavy (non-hydrogen) atoms. The molecule has 6 heterocycles. The number of aliphatic imine (C=N–C) groups is 1. The van der Waals surface area contributed by atoms with Crippen LogP contribution in [0.5, 0.6) is 0 Å². The topological polar surface area (TPSA) is 157 Å². The van der Waals surface area contributed by atoms with Crippen molar-refractivity contribution in [3.8, 4) is 6.07 Å². The number of hydrogen-bond acceptors (Lipinski definition) is 10. The van der Waals surface area contributed by atoms with E-state index in [9.17, 15) is 5.26 Å². The molecule has 12 nitrogen and oxygen atoms in total. The van der Waals surface area contributed by atoms with E-state index in [0.717, 1.165) is 97.7 Å². The number of fused-ring (bicyclic) bond motifs is 5. The summed E-state index contributed by atoms with van der Waals surface area (Å²) in [6, 6.07) is 2.47. The van der Waals surface area contributed by atoms with Crippen molar-refractivity contribution in [3.05, 3.63) is 44.8 Å². The molecule has 1 spiro atoms. The molecular formula is C31H36N10O2S+2. The molecule has 3 aliphatic heterocycles. The Hall–Kier alpha value is -4.31. The van der Waals surface area contributed by atoms with Crippen molar-refractivity contribution in [1.82, 2.24) is 14.9 Å². The zero-order chi connectivity index (χ0) is 30.2. The summed E-state index contributed by atoms with van der Waals surface area (Å²) in [6.07, 6.45) is 10.8. The van der Waals surface area contributed by atoms with Gasteiger partial charge in [0.05, 0.1) is 17.2 Å². The van der Waals surface area contributed by atoms with E-state index in [4.69, 9.17) is 35.7 Å². The van der Waals surface area contributed by atoms with Gasteiger partial charge in [-0.2, -0.15) is 10.4 Å². The Morgan fingerprint density at radius 3 is 2.86 bits per heavy atom. The Balaban J connectivity index is 1.26. The summed E-state index contributed by atoms with van der Waals surface area (Å²) in [5.74, 6) is 2.59. The molecule has 0 saturated heterocycles. The first-order valence-corrected chi connectivity index (χ1v) is 16.3. The molecule has 0 saturated carbocycles. The Bertz CT molecular complexity index is 1850. The van der Waals surface area contributed by atoms with Crippen LogP contribution in [0, 0.1) is 16.7 Å². The third kappa shape index (κ3) is 3.93. The van der Waals surface area contributed by atoms with Gasteiger partial charge in [-0.25, -0.2) is 13.8 Å². The number of ether oxygens (including phenoxy) is 1. The molecular weight excluding hydrogens is 576 g/mol. The van der Waals surface area contributed by atoms with Crippen molar-refractivity contribution in [2.75, 3.05) is 37.8 Å². The second kappa shape index (κ2) is 10.1. The monoisotopic (exact) mass is 612 g/mol. The first kappa shape index (κ1) is 27.3. The zero-order valence-electron chi connectivity index (χ0n) is 25.0. The molecule has 5 aliphatic rings. The molecule has 8 rings (SSSR count). The lowest BCUT2D eigenvalue weighted by atomic mass is 9.63. The van der Waals surface area contributed by atoms with Crippen LogP contribution in [-0.4, -0.2) is 74.5 Å². The van der Waals surface area contributed by atoms with Crippen LogP contribution >= 0.6 is 11.3 Å². The SMILES string of the molecule is C[C@@H](C1=[N+](C)CCC1)n1ncc2c1NC(c1noc3c1CCC[C@@]31CCCc3sc(N)c(C#N)c31)N=C2[N+]1=CC(=N)OCC1. The average molecular weight is 613 g/mol. The highest BCUT2D eigenvalue weighted by atomic mass is 32.1. The van der Waals surface area contributed by atoms with Crippen molar-refractivity contribution >= 4 is 45.8 Å². The second-order valence-electron chi connectivity index (χ2n) is 12.5. The zero-order valence-corrected chi connectivity index (χ0v) is 25.8. The third-order valence-electron chi connectivity index (χ3n) is 10.1. The van der Waals surface area contributed by atoms with Crippen molar-refractivity contribution < 1.29 is 18.4 Å². The van der Waals surface area contributed by atoms with Gasteiger partial charge < -0.3 is 20.3 Å². The number of nitrogens with zero attached hydrogens (tertiary/aromatic N) is 7. The van der Waals surface area contributed by atoms with E-state index >= 15 is 0 Å². The van der Waals surface area contributed by atoms with E-state index < -0.39 is 11.6 Å². The maximum atomic E-state index is 10.1. The maximum absolute atomic E-state index is 10.1. The highest BCUT2D eigenvalue weighted by Crippen LogP contribution is 2.55. The smallest absolute Gasteiger partial charge is 0.333 e. The summed E-state index contributed by atoms with van der Waals surface area (Å²) in [6.45, 7) is 4.23. The summed E-state index contributed by atoms with van der Waals surface area (Å²) in [7, 11) is 2.15. The first-order valence-electron chi connectivity index (χ1n) is 15.5. The van der Waals surface area contributed by atoms with Gasteiger partial charge in [0.2, 0.25) is 5.90 Å². The standard InChI is InChI=1S/C31H36N10O2S/c1-17(21-7-5-11-39(21)2)41-30-20(15-35-41)29(40-12-13-42-23(33)16-40)36-28(37-30)25-18-6-3-9-31(26(18)43-38-25)10-4-8-22-24(31)19(14-32)27(34)44-22/h15-17,28,33,37H,3-13,34H2,1-2H3/q+2/t17-,28?,31-/m0/s1. The quantitative estimate of drug-likeness (QED) is 0.380. The van der Waals surface area contributed by atoms with E-state index in [-0.39, 0.29) is 11.9 Å². The van der Waals surface area contributed by atoms with E-state index in [2.05, 4.69) is 34.6 Å². The van der Waals surface area contributed by atoms with Crippen LogP contribution in [0.2, 0.25) is 0 Å². The number of thiophene rings is 1. The number of nitrogens with one attached hydrogen (secondary N) is 2. The number of nitrogens with two attached hydrogens (primary N) is 1. The highest BCUT2D eigenvalue weighted by molar-refractivity contribution is 7.16. The fourth-order valence-corrected chi connectivity index (χ4v) is 9.28. The number of anilines is 2. The van der Waals surface area contributed by atoms with Gasteiger partial charge in [0, 0.05) is 23.3 Å². The number of hydrogen-bond donors (Lipinski definition) is 3. The number of nitrogen functional groups attached to an aromatic ring is 1. The van der Waals surface area contributed by atoms with Crippen LogP contribution in [0.1, 0.15) is 96.2 Å². The molecule has 3 aromatic heterocycles. The molecule has 3 atom stereocenters. The van der Waals surface area contributed by atoms with Crippen LogP contribution in [-0.2, 0) is 23.0 Å². The lowest BCUT2D eigenvalue weighted by Gasteiger charge is -2.39. The van der Waals surface area contributed by atoms with Crippen molar-refractivity contribution in [1.29, 1.82) is 10.7 Å². The van der Waals surface area contributed by atoms with Crippen molar-refractivity contribution in [3.63, 3.8) is 0 Å². The highest BCUT2D eigenvalue weighted by Gasteiger charge is 2.50. The number of rotatable bonds is 3. The molecule has 2 aliphatic carbocycles. The van der Waals surface area contributed by atoms with Crippen LogP contribution in [0.3, 0.4) is 0 Å². The molecule has 0 bridgehead atoms. The second-order valence-corrected chi connectivity index (χ2v) is 13.6. The lowest BCUT2D eigenvalue weighted by Crippen LogP contribution is -2.38. The van der Waals surface area contributed by atoms with Gasteiger partial charge in [-0.05, 0) is 56.0 Å². The van der Waals surface area contributed by atoms with Gasteiger partial charge in [-0.3, -0.25) is 5.41 Å². The predicted molar refractivity (Wildman–Crippen MR) is 167 cm³/mol. The molecule has 3 aromatic rings. The minimum Gasteiger partial charge on any atom is -0.471 e. The van der Waals surface area contributed by atoms with E-state index in [1.54, 1.807) is 17.6 Å². The summed E-state index contributed by atoms with van der Waals surface area (Å²) < 4.78 is 18.1. The Morgan fingerprint density at radius 2 is 2.09 bits per heavy atom. The third-order valence-corrected chi connectivity index (χ3v) is 11.2. The first-order chi connectivity index (χ1) is 21.4. The van der Waals surface area contributed by atoms with Crippen LogP contribution < -0.4 is 11.1 Å². The average Bonchev–Trinajstić information content (AvgIpc) is 3.81. The maximum Gasteiger partial charge on any atom is 0.333 e. The predicted octanol–water partition coefficient (Wildman–Crippen LogP) is 3.74. The fourth-order valence-electron chi connectivity index (χ4n) is 8.12. The van der Waals surface area contributed by atoms with Crippen molar-refractivity contribution in [2.24, 2.45) is 4.99 Å². The molecule has 0 fully saturated rings. The minimum absolute atomic E-state index is 0.0642. The lowest BCUT2D eigenvalue weighted by molar-refractivity contribution is -0.490. The van der Waals surface area contributed by atoms with Gasteiger partial charge in [0.15, 0.2) is 23.4 Å². The largest absolute Gasteiger partial charge is 0.471 e. The van der Waals surface area contributed by atoms with E-state index in [1.807, 2.05) is 10.8 Å². The molecule has 1 unspecified atom stereocenters. The summed E-state index contributed by atoms with van der Waals surface area (Å²) in [4.78, 5) is 6.42. The molecule has 226 valence electrons. The number of nitriles is 1. The number of aromatic nitrogens is 3. The Labute approximate surface area is 259 Å². The van der Waals surface area contributed by atoms with E-state index in [1.165, 1.54) is 10.6 Å². The number of amidine groups is 1. The molecule has 0 aromatic carbocycles. The molecule has 4 N–H and O–H groups in total. The van der Waals surface area contributed by atoms with Crippen LogP contribution in [0.4, 0.5) is 10.8 Å². The molecule has 0 radical (unpaired) electrons. The molecule has 0 amide bonds. The van der Waals surface area contributed by atoms with Gasteiger partial charge >= 0.3 is 5.84 Å². The van der Waals surface area contributed by atoms with Gasteiger partial charge in [-0.15, -0.1) is 11.3 Å². The summed E-state index contributed by atoms with van der Waals surface area (Å²) in [5, 5.41) is 32.2. The summed E-state index contributed by atoms with van der Waals surface area (Å²) >= 11 is 1.55. The Morgan fingerprint density at radius 1 is 1.25 bits per heavy atom. The van der Waals surface area contributed by atoms with Crippen molar-refractivity contribution in [2.45, 2.75) is 75.9 Å². The van der Waals surface area contributed by atoms with Crippen LogP contribution in [0.15, 0.2) is 15.7 Å². The minimum atomic E-state index is -0.509. The van der Waals surface area contributed by atoms with Crippen LogP contribution in [0.25, 0.3) is 0 Å². The van der Waals surface area contributed by atoms with Gasteiger partial charge in [0.25, 0.3) is 6.17 Å².